The van der Waals surface area contributed by atoms with Gasteiger partial charge in [-0.1, -0.05) is 35.4 Å². The normalized spacial score (nSPS) is 9.94. The molecule has 0 unspecified atom stereocenters. The zero-order valence-electron chi connectivity index (χ0n) is 18.5. The first-order chi connectivity index (χ1) is 16.3. The zero-order chi connectivity index (χ0) is 24.5. The molecule has 2 heterocycles. The maximum absolute atomic E-state index is 10.8. The Kier molecular flexibility index (Phi) is 7.79. The summed E-state index contributed by atoms with van der Waals surface area (Å²) >= 11 is 0. The Morgan fingerprint density at radius 1 is 0.618 bits per heavy atom. The zero-order valence-corrected chi connectivity index (χ0v) is 18.5. The smallest absolute Gasteiger partial charge is 0.311 e. The summed E-state index contributed by atoms with van der Waals surface area (Å²) in [5, 5.41) is 27.4. The molecule has 0 aliphatic rings. The summed E-state index contributed by atoms with van der Waals surface area (Å²) in [5.74, 6) is 0.503. The van der Waals surface area contributed by atoms with Crippen LogP contribution in [0.5, 0.6) is 0 Å². The van der Waals surface area contributed by atoms with Crippen LogP contribution in [0.15, 0.2) is 85.2 Å². The minimum atomic E-state index is -0.455. The van der Waals surface area contributed by atoms with E-state index in [2.05, 4.69) is 20.6 Å². The third-order valence-electron chi connectivity index (χ3n) is 4.59. The lowest BCUT2D eigenvalue weighted by Crippen LogP contribution is -1.98. The van der Waals surface area contributed by atoms with Crippen molar-refractivity contribution in [3.8, 4) is 0 Å². The molecule has 0 fully saturated rings. The number of rotatable bonds is 6. The molecule has 172 valence electrons. The van der Waals surface area contributed by atoms with Gasteiger partial charge in [-0.05, 0) is 50.2 Å². The van der Waals surface area contributed by atoms with Gasteiger partial charge in [-0.15, -0.1) is 0 Å². The summed E-state index contributed by atoms with van der Waals surface area (Å²) in [6, 6.07) is 21.1. The summed E-state index contributed by atoms with van der Waals surface area (Å²) < 4.78 is 0. The number of hydrogen-bond acceptors (Lipinski definition) is 8. The van der Waals surface area contributed by atoms with Gasteiger partial charge in [0.1, 0.15) is 0 Å². The van der Waals surface area contributed by atoms with Crippen molar-refractivity contribution in [3.05, 3.63) is 117 Å². The van der Waals surface area contributed by atoms with Crippen LogP contribution in [0.1, 0.15) is 11.1 Å². The summed E-state index contributed by atoms with van der Waals surface area (Å²) in [6.07, 6.45) is 3.03. The van der Waals surface area contributed by atoms with Crippen LogP contribution < -0.4 is 10.6 Å². The summed E-state index contributed by atoms with van der Waals surface area (Å²) in [4.78, 5) is 28.6. The third-order valence-corrected chi connectivity index (χ3v) is 4.59. The number of benzene rings is 2. The van der Waals surface area contributed by atoms with Gasteiger partial charge in [0.15, 0.2) is 0 Å². The Balaban J connectivity index is 0.000000191. The molecule has 2 aromatic heterocycles. The van der Waals surface area contributed by atoms with Crippen LogP contribution >= 0.6 is 0 Å². The monoisotopic (exact) mass is 458 g/mol. The molecule has 0 spiro atoms. The second kappa shape index (κ2) is 11.1. The lowest BCUT2D eigenvalue weighted by atomic mass is 10.2. The highest BCUT2D eigenvalue weighted by Crippen LogP contribution is 2.25. The molecule has 10 nitrogen and oxygen atoms in total. The molecule has 4 aromatic rings. The van der Waals surface area contributed by atoms with Crippen molar-refractivity contribution in [2.45, 2.75) is 13.8 Å². The summed E-state index contributed by atoms with van der Waals surface area (Å²) in [7, 11) is 0. The van der Waals surface area contributed by atoms with Crippen LogP contribution in [0, 0.1) is 34.1 Å². The number of aryl methyl sites for hydroxylation is 2. The molecule has 34 heavy (non-hydrogen) atoms. The van der Waals surface area contributed by atoms with Crippen LogP contribution in [0.2, 0.25) is 0 Å². The predicted octanol–water partition coefficient (Wildman–Crippen LogP) is 6.08. The molecular formula is C24H22N6O4. The molecule has 0 atom stereocenters. The van der Waals surface area contributed by atoms with Gasteiger partial charge in [0.2, 0.25) is 11.6 Å². The highest BCUT2D eigenvalue weighted by Gasteiger charge is 2.14. The molecule has 0 radical (unpaired) electrons. The molecule has 10 heteroatoms. The van der Waals surface area contributed by atoms with Crippen LogP contribution in [0.25, 0.3) is 0 Å². The maximum atomic E-state index is 10.8. The Morgan fingerprint density at radius 2 is 0.971 bits per heavy atom. The molecule has 0 saturated carbocycles. The fraction of sp³-hybridized carbons (Fsp3) is 0.0833. The maximum Gasteiger partial charge on any atom is 0.311 e. The van der Waals surface area contributed by atoms with E-state index in [9.17, 15) is 20.2 Å². The van der Waals surface area contributed by atoms with E-state index in [4.69, 9.17) is 0 Å². The lowest BCUT2D eigenvalue weighted by Gasteiger charge is -2.05. The highest BCUT2D eigenvalue weighted by molar-refractivity contribution is 5.66. The SMILES string of the molecule is Cc1ccc(Nc2ncccc2[N+](=O)[O-])cc1.Cc1ccc(Nc2ncccc2[N+](=O)[O-])cc1. The molecule has 0 aliphatic heterocycles. The Bertz CT molecular complexity index is 1180. The van der Waals surface area contributed by atoms with Crippen molar-refractivity contribution in [2.75, 3.05) is 10.6 Å². The van der Waals surface area contributed by atoms with E-state index in [-0.39, 0.29) is 23.0 Å². The fourth-order valence-corrected chi connectivity index (χ4v) is 2.83. The van der Waals surface area contributed by atoms with Gasteiger partial charge in [0.05, 0.1) is 9.85 Å². The molecular weight excluding hydrogens is 436 g/mol. The van der Waals surface area contributed by atoms with E-state index in [0.717, 1.165) is 22.5 Å². The van der Waals surface area contributed by atoms with E-state index < -0.39 is 9.85 Å². The quantitative estimate of drug-likeness (QED) is 0.262. The predicted molar refractivity (Wildman–Crippen MR) is 131 cm³/mol. The van der Waals surface area contributed by atoms with Crippen LogP contribution in [-0.2, 0) is 0 Å². The van der Waals surface area contributed by atoms with Gasteiger partial charge in [0.25, 0.3) is 0 Å². The van der Waals surface area contributed by atoms with Crippen LogP contribution in [0.4, 0.5) is 34.4 Å². The number of nitrogens with one attached hydrogen (secondary N) is 2. The Hall–Kier alpha value is -4.86. The number of aromatic nitrogens is 2. The average Bonchev–Trinajstić information content (AvgIpc) is 2.83. The molecule has 0 bridgehead atoms. The minimum absolute atomic E-state index is 0.0342. The molecule has 0 saturated heterocycles. The molecule has 0 amide bonds. The van der Waals surface area contributed by atoms with Gasteiger partial charge >= 0.3 is 11.4 Å². The van der Waals surface area contributed by atoms with E-state index in [1.807, 2.05) is 62.4 Å². The molecule has 4 rings (SSSR count). The second-order valence-corrected chi connectivity index (χ2v) is 7.24. The second-order valence-electron chi connectivity index (χ2n) is 7.24. The van der Waals surface area contributed by atoms with E-state index in [1.54, 1.807) is 12.1 Å². The summed E-state index contributed by atoms with van der Waals surface area (Å²) in [5.41, 5.74) is 3.74. The number of pyridine rings is 2. The van der Waals surface area contributed by atoms with Crippen molar-refractivity contribution in [2.24, 2.45) is 0 Å². The van der Waals surface area contributed by atoms with E-state index in [0.29, 0.717) is 0 Å². The van der Waals surface area contributed by atoms with E-state index in [1.165, 1.54) is 24.5 Å². The fourth-order valence-electron chi connectivity index (χ4n) is 2.83. The van der Waals surface area contributed by atoms with Gasteiger partial charge in [-0.25, -0.2) is 9.97 Å². The van der Waals surface area contributed by atoms with Crippen molar-refractivity contribution >= 4 is 34.4 Å². The largest absolute Gasteiger partial charge is 0.334 e. The third kappa shape index (κ3) is 6.57. The first-order valence-corrected chi connectivity index (χ1v) is 10.2. The van der Waals surface area contributed by atoms with Crippen molar-refractivity contribution in [1.82, 2.24) is 9.97 Å². The van der Waals surface area contributed by atoms with Gasteiger partial charge in [-0.3, -0.25) is 20.2 Å². The van der Waals surface area contributed by atoms with Crippen LogP contribution in [0.3, 0.4) is 0 Å². The minimum Gasteiger partial charge on any atom is -0.334 e. The first-order valence-electron chi connectivity index (χ1n) is 10.2. The van der Waals surface area contributed by atoms with Crippen molar-refractivity contribution in [1.29, 1.82) is 0 Å². The standard InChI is InChI=1S/2C12H11N3O2/c2*1-9-4-6-10(7-5-9)14-12-11(15(16)17)3-2-8-13-12/h2*2-8H,1H3,(H,13,14). The van der Waals surface area contributed by atoms with Gasteiger partial charge in [-0.2, -0.15) is 0 Å². The number of nitro groups is 2. The number of anilines is 4. The number of hydrogen-bond donors (Lipinski definition) is 2. The van der Waals surface area contributed by atoms with Gasteiger partial charge in [0, 0.05) is 35.9 Å². The van der Waals surface area contributed by atoms with Crippen LogP contribution in [-0.4, -0.2) is 19.8 Å². The topological polar surface area (TPSA) is 136 Å². The Morgan fingerprint density at radius 3 is 1.29 bits per heavy atom. The molecule has 2 N–H and O–H groups in total. The van der Waals surface area contributed by atoms with Crippen molar-refractivity contribution < 1.29 is 9.85 Å². The average molecular weight is 458 g/mol. The molecule has 0 aliphatic carbocycles. The first kappa shape index (κ1) is 23.8. The highest BCUT2D eigenvalue weighted by atomic mass is 16.6. The number of nitrogens with zero attached hydrogens (tertiary/aromatic N) is 4. The van der Waals surface area contributed by atoms with E-state index >= 15 is 0 Å². The lowest BCUT2D eigenvalue weighted by molar-refractivity contribution is -0.384. The summed E-state index contributed by atoms with van der Waals surface area (Å²) in [6.45, 7) is 3.96. The molecule has 2 aromatic carbocycles. The Labute approximate surface area is 195 Å². The van der Waals surface area contributed by atoms with Crippen molar-refractivity contribution in [3.63, 3.8) is 0 Å². The van der Waals surface area contributed by atoms with Gasteiger partial charge < -0.3 is 10.6 Å².